The molecule has 2 N–H and O–H groups in total. The number of nitrogens with one attached hydrogen (secondary N) is 1. The fourth-order valence-electron chi connectivity index (χ4n) is 1.88. The van der Waals surface area contributed by atoms with Gasteiger partial charge in [-0.15, -0.1) is 0 Å². The average Bonchev–Trinajstić information content (AvgIpc) is 2.77. The Morgan fingerprint density at radius 1 is 1.50 bits per heavy atom. The number of benzene rings is 1. The highest BCUT2D eigenvalue weighted by Crippen LogP contribution is 2.27. The molecular formula is C12H16ClNOS. The zero-order valence-corrected chi connectivity index (χ0v) is 10.7. The van der Waals surface area contributed by atoms with Gasteiger partial charge in [-0.1, -0.05) is 23.7 Å². The van der Waals surface area contributed by atoms with E-state index in [1.807, 2.05) is 23.9 Å². The molecular weight excluding hydrogens is 242 g/mol. The monoisotopic (exact) mass is 257 g/mol. The van der Waals surface area contributed by atoms with Crippen molar-refractivity contribution in [3.63, 3.8) is 0 Å². The Morgan fingerprint density at radius 2 is 2.38 bits per heavy atom. The third kappa shape index (κ3) is 3.06. The SMILES string of the molecule is Oc1c(Cl)cccc1CNCC1CCCS1. The van der Waals surface area contributed by atoms with Gasteiger partial charge in [0.15, 0.2) is 0 Å². The van der Waals surface area contributed by atoms with E-state index in [1.165, 1.54) is 18.6 Å². The summed E-state index contributed by atoms with van der Waals surface area (Å²) in [6.07, 6.45) is 2.64. The van der Waals surface area contributed by atoms with E-state index >= 15 is 0 Å². The third-order valence-electron chi connectivity index (χ3n) is 2.78. The first-order chi connectivity index (χ1) is 7.77. The lowest BCUT2D eigenvalue weighted by Gasteiger charge is -2.11. The molecule has 88 valence electrons. The van der Waals surface area contributed by atoms with Crippen LogP contribution in [-0.4, -0.2) is 22.7 Å². The molecule has 1 atom stereocenters. The summed E-state index contributed by atoms with van der Waals surface area (Å²) in [4.78, 5) is 0. The summed E-state index contributed by atoms with van der Waals surface area (Å²) in [5.41, 5.74) is 0.871. The van der Waals surface area contributed by atoms with Crippen LogP contribution < -0.4 is 5.32 Å². The molecule has 2 nitrogen and oxygen atoms in total. The molecule has 16 heavy (non-hydrogen) atoms. The van der Waals surface area contributed by atoms with Crippen molar-refractivity contribution in [1.29, 1.82) is 0 Å². The van der Waals surface area contributed by atoms with Crippen LogP contribution in [0, 0.1) is 0 Å². The van der Waals surface area contributed by atoms with Crippen LogP contribution in [0.2, 0.25) is 5.02 Å². The van der Waals surface area contributed by atoms with Gasteiger partial charge in [-0.25, -0.2) is 0 Å². The number of rotatable bonds is 4. The number of phenols is 1. The molecule has 1 aliphatic heterocycles. The Morgan fingerprint density at radius 3 is 3.12 bits per heavy atom. The zero-order valence-electron chi connectivity index (χ0n) is 9.08. The molecule has 4 heteroatoms. The minimum atomic E-state index is 0.204. The molecule has 1 saturated heterocycles. The number of hydrogen-bond donors (Lipinski definition) is 2. The highest BCUT2D eigenvalue weighted by atomic mass is 35.5. The Bertz CT molecular complexity index is 353. The maximum absolute atomic E-state index is 9.71. The van der Waals surface area contributed by atoms with Gasteiger partial charge in [0.05, 0.1) is 5.02 Å². The first kappa shape index (κ1) is 12.1. The summed E-state index contributed by atoms with van der Waals surface area (Å²) in [7, 11) is 0. The van der Waals surface area contributed by atoms with Gasteiger partial charge in [-0.2, -0.15) is 11.8 Å². The number of halogens is 1. The van der Waals surface area contributed by atoms with Gasteiger partial charge in [-0.05, 0) is 24.7 Å². The van der Waals surface area contributed by atoms with E-state index in [-0.39, 0.29) is 5.75 Å². The van der Waals surface area contributed by atoms with E-state index < -0.39 is 0 Å². The number of para-hydroxylation sites is 1. The van der Waals surface area contributed by atoms with Crippen molar-refractivity contribution in [1.82, 2.24) is 5.32 Å². The van der Waals surface area contributed by atoms with Gasteiger partial charge in [0.2, 0.25) is 0 Å². The lowest BCUT2D eigenvalue weighted by molar-refractivity contribution is 0.464. The van der Waals surface area contributed by atoms with Gasteiger partial charge >= 0.3 is 0 Å². The molecule has 0 aromatic heterocycles. The van der Waals surface area contributed by atoms with E-state index in [9.17, 15) is 5.11 Å². The first-order valence-corrected chi connectivity index (χ1v) is 6.98. The van der Waals surface area contributed by atoms with Gasteiger partial charge in [0, 0.05) is 23.9 Å². The van der Waals surface area contributed by atoms with Crippen molar-refractivity contribution >= 4 is 23.4 Å². The average molecular weight is 258 g/mol. The Kier molecular flexibility index (Phi) is 4.38. The third-order valence-corrected chi connectivity index (χ3v) is 4.48. The van der Waals surface area contributed by atoms with Crippen molar-refractivity contribution in [2.24, 2.45) is 0 Å². The predicted molar refractivity (Wildman–Crippen MR) is 70.3 cm³/mol. The molecule has 0 aliphatic carbocycles. The van der Waals surface area contributed by atoms with Crippen LogP contribution in [-0.2, 0) is 6.54 Å². The second-order valence-electron chi connectivity index (χ2n) is 4.01. The van der Waals surface area contributed by atoms with Crippen molar-refractivity contribution in [2.75, 3.05) is 12.3 Å². The summed E-state index contributed by atoms with van der Waals surface area (Å²) in [5, 5.41) is 14.2. The van der Waals surface area contributed by atoms with Gasteiger partial charge in [-0.3, -0.25) is 0 Å². The van der Waals surface area contributed by atoms with Gasteiger partial charge < -0.3 is 10.4 Å². The number of hydrogen-bond acceptors (Lipinski definition) is 3. The zero-order chi connectivity index (χ0) is 11.4. The molecule has 0 amide bonds. The largest absolute Gasteiger partial charge is 0.506 e. The van der Waals surface area contributed by atoms with Crippen LogP contribution in [0.1, 0.15) is 18.4 Å². The molecule has 1 aliphatic rings. The molecule has 1 heterocycles. The normalized spacial score (nSPS) is 20.2. The smallest absolute Gasteiger partial charge is 0.138 e. The predicted octanol–water partition coefficient (Wildman–Crippen LogP) is 3.03. The van der Waals surface area contributed by atoms with Crippen molar-refractivity contribution in [3.05, 3.63) is 28.8 Å². The van der Waals surface area contributed by atoms with Gasteiger partial charge in [0.25, 0.3) is 0 Å². The summed E-state index contributed by atoms with van der Waals surface area (Å²) >= 11 is 7.87. The minimum Gasteiger partial charge on any atom is -0.506 e. The van der Waals surface area contributed by atoms with Crippen LogP contribution >= 0.6 is 23.4 Å². The molecule has 1 aromatic carbocycles. The summed E-state index contributed by atoms with van der Waals surface area (Å²) < 4.78 is 0. The first-order valence-electron chi connectivity index (χ1n) is 5.56. The fraction of sp³-hybridized carbons (Fsp3) is 0.500. The van der Waals surface area contributed by atoms with Crippen LogP contribution in [0.15, 0.2) is 18.2 Å². The highest BCUT2D eigenvalue weighted by Gasteiger charge is 2.14. The van der Waals surface area contributed by atoms with Crippen LogP contribution in [0.25, 0.3) is 0 Å². The Labute approximate surface area is 105 Å². The lowest BCUT2D eigenvalue weighted by atomic mass is 10.2. The summed E-state index contributed by atoms with van der Waals surface area (Å²) in [6.45, 7) is 1.69. The van der Waals surface area contributed by atoms with Crippen molar-refractivity contribution in [2.45, 2.75) is 24.6 Å². The summed E-state index contributed by atoms with van der Waals surface area (Å²) in [5.74, 6) is 1.49. The second kappa shape index (κ2) is 5.80. The number of aromatic hydroxyl groups is 1. The van der Waals surface area contributed by atoms with E-state index in [0.29, 0.717) is 11.6 Å². The Hall–Kier alpha value is -0.380. The maximum Gasteiger partial charge on any atom is 0.138 e. The maximum atomic E-state index is 9.71. The van der Waals surface area contributed by atoms with Crippen LogP contribution in [0.4, 0.5) is 0 Å². The van der Waals surface area contributed by atoms with E-state index in [0.717, 1.165) is 17.4 Å². The highest BCUT2D eigenvalue weighted by molar-refractivity contribution is 8.00. The molecule has 0 radical (unpaired) electrons. The van der Waals surface area contributed by atoms with E-state index in [2.05, 4.69) is 5.32 Å². The van der Waals surface area contributed by atoms with Crippen LogP contribution in [0.5, 0.6) is 5.75 Å². The molecule has 0 spiro atoms. The number of thioether (sulfide) groups is 1. The fourth-order valence-corrected chi connectivity index (χ4v) is 3.31. The van der Waals surface area contributed by atoms with Crippen molar-refractivity contribution < 1.29 is 5.11 Å². The van der Waals surface area contributed by atoms with Gasteiger partial charge in [0.1, 0.15) is 5.75 Å². The molecule has 2 rings (SSSR count). The molecule has 1 fully saturated rings. The summed E-state index contributed by atoms with van der Waals surface area (Å²) in [6, 6.07) is 5.46. The topological polar surface area (TPSA) is 32.3 Å². The van der Waals surface area contributed by atoms with E-state index in [4.69, 9.17) is 11.6 Å². The quantitative estimate of drug-likeness (QED) is 0.870. The van der Waals surface area contributed by atoms with E-state index in [1.54, 1.807) is 6.07 Å². The minimum absolute atomic E-state index is 0.204. The second-order valence-corrected chi connectivity index (χ2v) is 5.83. The molecule has 1 unspecified atom stereocenters. The van der Waals surface area contributed by atoms with Crippen LogP contribution in [0.3, 0.4) is 0 Å². The lowest BCUT2D eigenvalue weighted by Crippen LogP contribution is -2.22. The Balaban J connectivity index is 1.82. The molecule has 1 aromatic rings. The standard InChI is InChI=1S/C12H16ClNOS/c13-11-5-1-3-9(12(11)15)7-14-8-10-4-2-6-16-10/h1,3,5,10,14-15H,2,4,6-8H2. The van der Waals surface area contributed by atoms with Crippen molar-refractivity contribution in [3.8, 4) is 5.75 Å². The molecule has 0 bridgehead atoms. The number of phenolic OH excluding ortho intramolecular Hbond substituents is 1. The molecule has 0 saturated carbocycles.